The lowest BCUT2D eigenvalue weighted by molar-refractivity contribution is -0.139. The van der Waals surface area contributed by atoms with Gasteiger partial charge in [0.15, 0.2) is 6.61 Å². The van der Waals surface area contributed by atoms with Crippen LogP contribution in [0, 0.1) is 0 Å². The molecule has 0 fully saturated rings. The van der Waals surface area contributed by atoms with Crippen LogP contribution in [0.5, 0.6) is 5.75 Å². The lowest BCUT2D eigenvalue weighted by Crippen LogP contribution is -2.45. The van der Waals surface area contributed by atoms with Gasteiger partial charge in [-0.3, -0.25) is 5.32 Å². The summed E-state index contributed by atoms with van der Waals surface area (Å²) in [4.78, 5) is 10.5. The van der Waals surface area contributed by atoms with E-state index in [0.29, 0.717) is 22.8 Å². The van der Waals surface area contributed by atoms with E-state index in [4.69, 9.17) is 21.4 Å². The minimum absolute atomic E-state index is 0.000213. The Kier molecular flexibility index (Phi) is 6.42. The van der Waals surface area contributed by atoms with Gasteiger partial charge in [0.2, 0.25) is 0 Å². The van der Waals surface area contributed by atoms with Gasteiger partial charge in [0, 0.05) is 11.1 Å². The first-order valence-electron chi connectivity index (χ1n) is 7.96. The van der Waals surface area contributed by atoms with Gasteiger partial charge in [-0.05, 0) is 55.7 Å². The summed E-state index contributed by atoms with van der Waals surface area (Å²) in [7, 11) is 0. The van der Waals surface area contributed by atoms with Crippen LogP contribution in [0.25, 0.3) is 0 Å². The second-order valence-electron chi connectivity index (χ2n) is 6.16. The molecule has 0 spiro atoms. The van der Waals surface area contributed by atoms with Gasteiger partial charge in [-0.25, -0.2) is 4.79 Å². The molecule has 0 heterocycles. The highest BCUT2D eigenvalue weighted by atomic mass is 35.5. The Morgan fingerprint density at radius 3 is 2.56 bits per heavy atom. The van der Waals surface area contributed by atoms with E-state index in [1.807, 2.05) is 25.1 Å². The third-order valence-corrected chi connectivity index (χ3v) is 3.98. The largest absolute Gasteiger partial charge is 0.482 e. The highest BCUT2D eigenvalue weighted by molar-refractivity contribution is 6.30. The highest BCUT2D eigenvalue weighted by Gasteiger charge is 2.25. The first-order valence-corrected chi connectivity index (χ1v) is 8.34. The standard InChI is InChI=1S/C19H22ClNO4/c1-13(21-19(2,24)15-4-3-5-16(20)11-15)10-14-6-8-17(9-7-14)25-12-18(22)23/h3-9,11,13,21,24H,10,12H2,1-2H3,(H,22,23)/t13-,19-/m1/s1. The molecule has 0 bridgehead atoms. The molecule has 2 rings (SSSR count). The summed E-state index contributed by atoms with van der Waals surface area (Å²) in [5, 5.41) is 23.0. The quantitative estimate of drug-likeness (QED) is 0.628. The molecular formula is C19H22ClNO4. The fourth-order valence-corrected chi connectivity index (χ4v) is 2.82. The zero-order valence-electron chi connectivity index (χ0n) is 14.2. The summed E-state index contributed by atoms with van der Waals surface area (Å²) in [6.07, 6.45) is 0.690. The predicted molar refractivity (Wildman–Crippen MR) is 96.9 cm³/mol. The van der Waals surface area contributed by atoms with Crippen molar-refractivity contribution in [3.63, 3.8) is 0 Å². The first-order chi connectivity index (χ1) is 11.8. The zero-order valence-corrected chi connectivity index (χ0v) is 15.0. The molecule has 3 N–H and O–H groups in total. The van der Waals surface area contributed by atoms with E-state index in [1.54, 1.807) is 37.3 Å². The van der Waals surface area contributed by atoms with Crippen LogP contribution in [0.15, 0.2) is 48.5 Å². The van der Waals surface area contributed by atoms with Gasteiger partial charge in [0.1, 0.15) is 11.5 Å². The third kappa shape index (κ3) is 6.05. The molecule has 0 aliphatic carbocycles. The smallest absolute Gasteiger partial charge is 0.341 e. The Morgan fingerprint density at radius 2 is 1.96 bits per heavy atom. The average Bonchev–Trinajstić information content (AvgIpc) is 2.53. The number of carboxylic acid groups (broad SMARTS) is 1. The molecule has 6 heteroatoms. The lowest BCUT2D eigenvalue weighted by Gasteiger charge is -2.29. The van der Waals surface area contributed by atoms with Crippen molar-refractivity contribution in [2.45, 2.75) is 32.0 Å². The molecule has 2 atom stereocenters. The van der Waals surface area contributed by atoms with Gasteiger partial charge in [0.05, 0.1) is 0 Å². The molecule has 0 radical (unpaired) electrons. The number of aliphatic hydroxyl groups is 1. The van der Waals surface area contributed by atoms with Gasteiger partial charge in [-0.2, -0.15) is 0 Å². The lowest BCUT2D eigenvalue weighted by atomic mass is 10.0. The molecule has 2 aromatic carbocycles. The summed E-state index contributed by atoms with van der Waals surface area (Å²) in [6.45, 7) is 3.31. The van der Waals surface area contributed by atoms with Gasteiger partial charge in [0.25, 0.3) is 0 Å². The van der Waals surface area contributed by atoms with Crippen molar-refractivity contribution in [1.82, 2.24) is 5.32 Å². The van der Waals surface area contributed by atoms with Gasteiger partial charge in [-0.15, -0.1) is 0 Å². The Morgan fingerprint density at radius 1 is 1.28 bits per heavy atom. The number of benzene rings is 2. The minimum atomic E-state index is -1.20. The predicted octanol–water partition coefficient (Wildman–Crippen LogP) is 3.19. The molecule has 0 saturated heterocycles. The molecule has 0 saturated carbocycles. The van der Waals surface area contributed by atoms with Gasteiger partial charge >= 0.3 is 5.97 Å². The van der Waals surface area contributed by atoms with Crippen LogP contribution in [0.4, 0.5) is 0 Å². The van der Waals surface area contributed by atoms with Crippen molar-refractivity contribution in [3.8, 4) is 5.75 Å². The normalized spacial score (nSPS) is 14.6. The maximum absolute atomic E-state index is 10.7. The molecule has 0 aliphatic heterocycles. The van der Waals surface area contributed by atoms with Crippen molar-refractivity contribution in [1.29, 1.82) is 0 Å². The summed E-state index contributed by atoms with van der Waals surface area (Å²) in [6, 6.07) is 14.3. The average molecular weight is 364 g/mol. The number of aliphatic carboxylic acids is 1. The van der Waals surface area contributed by atoms with E-state index >= 15 is 0 Å². The summed E-state index contributed by atoms with van der Waals surface area (Å²) >= 11 is 5.99. The van der Waals surface area contributed by atoms with Gasteiger partial charge < -0.3 is 14.9 Å². The van der Waals surface area contributed by atoms with Gasteiger partial charge in [-0.1, -0.05) is 35.9 Å². The van der Waals surface area contributed by atoms with Crippen LogP contribution in [0.3, 0.4) is 0 Å². The molecule has 2 aromatic rings. The molecule has 134 valence electrons. The van der Waals surface area contributed by atoms with E-state index in [2.05, 4.69) is 5.32 Å². The van der Waals surface area contributed by atoms with Crippen LogP contribution in [-0.4, -0.2) is 28.8 Å². The van der Waals surface area contributed by atoms with E-state index < -0.39 is 11.7 Å². The Labute approximate surface area is 152 Å². The molecular weight excluding hydrogens is 342 g/mol. The third-order valence-electron chi connectivity index (χ3n) is 3.74. The van der Waals surface area contributed by atoms with Crippen LogP contribution in [0.2, 0.25) is 5.02 Å². The number of nitrogens with one attached hydrogen (secondary N) is 1. The number of carboxylic acids is 1. The topological polar surface area (TPSA) is 78.8 Å². The number of hydrogen-bond acceptors (Lipinski definition) is 4. The second-order valence-corrected chi connectivity index (χ2v) is 6.59. The number of ether oxygens (including phenoxy) is 1. The number of rotatable bonds is 8. The summed E-state index contributed by atoms with van der Waals surface area (Å²) in [5.74, 6) is -0.497. The summed E-state index contributed by atoms with van der Waals surface area (Å²) in [5.41, 5.74) is 0.545. The minimum Gasteiger partial charge on any atom is -0.482 e. The van der Waals surface area contributed by atoms with Crippen LogP contribution in [-0.2, 0) is 16.9 Å². The number of hydrogen-bond donors (Lipinski definition) is 3. The molecule has 0 unspecified atom stereocenters. The first kappa shape index (κ1) is 19.2. The highest BCUT2D eigenvalue weighted by Crippen LogP contribution is 2.22. The van der Waals surface area contributed by atoms with Crippen LogP contribution >= 0.6 is 11.6 Å². The van der Waals surface area contributed by atoms with E-state index in [1.165, 1.54) is 0 Å². The van der Waals surface area contributed by atoms with Crippen molar-refractivity contribution >= 4 is 17.6 Å². The van der Waals surface area contributed by atoms with Crippen LogP contribution < -0.4 is 10.1 Å². The monoisotopic (exact) mass is 363 g/mol. The zero-order chi connectivity index (χ0) is 18.4. The maximum atomic E-state index is 10.7. The van der Waals surface area contributed by atoms with Crippen molar-refractivity contribution in [2.24, 2.45) is 0 Å². The van der Waals surface area contributed by atoms with Crippen molar-refractivity contribution < 1.29 is 19.7 Å². The van der Waals surface area contributed by atoms with Crippen LogP contribution in [0.1, 0.15) is 25.0 Å². The Hall–Kier alpha value is -2.08. The molecule has 0 aromatic heterocycles. The van der Waals surface area contributed by atoms with Crippen molar-refractivity contribution in [2.75, 3.05) is 6.61 Å². The summed E-state index contributed by atoms with van der Waals surface area (Å²) < 4.78 is 5.11. The van der Waals surface area contributed by atoms with E-state index in [9.17, 15) is 9.90 Å². The maximum Gasteiger partial charge on any atom is 0.341 e. The molecule has 25 heavy (non-hydrogen) atoms. The van der Waals surface area contributed by atoms with E-state index in [0.717, 1.165) is 5.56 Å². The second kappa shape index (κ2) is 8.34. The Bertz CT molecular complexity index is 716. The van der Waals surface area contributed by atoms with Crippen molar-refractivity contribution in [3.05, 3.63) is 64.7 Å². The fraction of sp³-hybridized carbons (Fsp3) is 0.316. The molecule has 0 aliphatic rings. The SMILES string of the molecule is C[C@H](Cc1ccc(OCC(=O)O)cc1)N[C@](C)(O)c1cccc(Cl)c1. The Balaban J connectivity index is 1.95. The number of carbonyl (C=O) groups is 1. The van der Waals surface area contributed by atoms with E-state index in [-0.39, 0.29) is 12.6 Å². The number of halogens is 1. The molecule has 0 amide bonds. The fourth-order valence-electron chi connectivity index (χ4n) is 2.63. The molecule has 5 nitrogen and oxygen atoms in total.